The van der Waals surface area contributed by atoms with E-state index < -0.39 is 33.8 Å². The van der Waals surface area contributed by atoms with Gasteiger partial charge in [-0.1, -0.05) is 0 Å². The smallest absolute Gasteiger partial charge is 0.410 e. The number of ether oxygens (including phenoxy) is 4. The van der Waals surface area contributed by atoms with Crippen LogP contribution in [0.4, 0.5) is 4.79 Å². The third-order valence-electron chi connectivity index (χ3n) is 5.81. The molecule has 0 unspecified atom stereocenters. The van der Waals surface area contributed by atoms with Crippen LogP contribution in [0.5, 0.6) is 11.5 Å². The van der Waals surface area contributed by atoms with E-state index >= 15 is 0 Å². The molecule has 0 spiro atoms. The summed E-state index contributed by atoms with van der Waals surface area (Å²) in [6.45, 7) is 10.3. The molecule has 0 radical (unpaired) electrons. The summed E-state index contributed by atoms with van der Waals surface area (Å²) in [7, 11) is -0.662. The molecule has 0 bridgehead atoms. The van der Waals surface area contributed by atoms with E-state index in [2.05, 4.69) is 0 Å². The van der Waals surface area contributed by atoms with Crippen LogP contribution in [-0.2, 0) is 23.8 Å². The number of methoxy groups -OCH3 is 2. The van der Waals surface area contributed by atoms with Crippen molar-refractivity contribution < 1.29 is 41.1 Å². The lowest BCUT2D eigenvalue weighted by Gasteiger charge is -2.31. The molecule has 12 heteroatoms. The Morgan fingerprint density at radius 3 is 2.34 bits per heavy atom. The van der Waals surface area contributed by atoms with E-state index in [0.717, 1.165) is 6.26 Å². The molecule has 1 aliphatic rings. The van der Waals surface area contributed by atoms with Crippen molar-refractivity contribution in [2.24, 2.45) is 5.92 Å². The van der Waals surface area contributed by atoms with Gasteiger partial charge in [-0.2, -0.15) is 8.42 Å². The van der Waals surface area contributed by atoms with Gasteiger partial charge in [-0.3, -0.25) is 8.98 Å². The van der Waals surface area contributed by atoms with Crippen LogP contribution in [0.25, 0.3) is 0 Å². The molecule has 216 valence electrons. The van der Waals surface area contributed by atoms with Crippen LogP contribution in [0.2, 0.25) is 0 Å². The van der Waals surface area contributed by atoms with Gasteiger partial charge in [0.25, 0.3) is 16.0 Å². The highest BCUT2D eigenvalue weighted by Gasteiger charge is 2.41. The number of likely N-dealkylation sites (tertiary alicyclic amines) is 1. The SMILES string of the molecule is COCCCOc1cc(C(=O)N(C[C@@H]2CN(C(=O)OC(C)(C)C)C[C@H]2OS(C)(=O)=O)C(C)C)ccc1OC. The molecule has 1 aromatic carbocycles. The first-order chi connectivity index (χ1) is 17.6. The van der Waals surface area contributed by atoms with Crippen molar-refractivity contribution in [3.05, 3.63) is 23.8 Å². The number of amides is 2. The minimum atomic E-state index is -3.80. The summed E-state index contributed by atoms with van der Waals surface area (Å²) in [5, 5.41) is 0. The van der Waals surface area contributed by atoms with E-state index in [0.29, 0.717) is 36.7 Å². The zero-order chi connectivity index (χ0) is 28.7. The highest BCUT2D eigenvalue weighted by molar-refractivity contribution is 7.86. The molecular formula is C26H42N2O9S. The van der Waals surface area contributed by atoms with E-state index in [4.69, 9.17) is 23.1 Å². The van der Waals surface area contributed by atoms with Gasteiger partial charge in [-0.25, -0.2) is 4.79 Å². The molecule has 1 aromatic rings. The van der Waals surface area contributed by atoms with Crippen molar-refractivity contribution in [2.45, 2.75) is 58.8 Å². The Bertz CT molecular complexity index is 1050. The molecule has 2 rings (SSSR count). The van der Waals surface area contributed by atoms with Gasteiger partial charge in [0.1, 0.15) is 11.7 Å². The predicted octanol–water partition coefficient (Wildman–Crippen LogP) is 3.17. The highest BCUT2D eigenvalue weighted by atomic mass is 32.2. The van der Waals surface area contributed by atoms with Gasteiger partial charge in [0, 0.05) is 50.8 Å². The molecule has 2 amide bonds. The fraction of sp³-hybridized carbons (Fsp3) is 0.692. The maximum atomic E-state index is 13.6. The van der Waals surface area contributed by atoms with E-state index in [1.807, 2.05) is 13.8 Å². The molecule has 0 aliphatic carbocycles. The Labute approximate surface area is 226 Å². The summed E-state index contributed by atoms with van der Waals surface area (Å²) in [4.78, 5) is 29.4. The molecule has 2 atom stereocenters. The van der Waals surface area contributed by atoms with E-state index in [-0.39, 0.29) is 31.6 Å². The number of benzene rings is 1. The Morgan fingerprint density at radius 2 is 1.79 bits per heavy atom. The zero-order valence-electron chi connectivity index (χ0n) is 23.7. The predicted molar refractivity (Wildman–Crippen MR) is 142 cm³/mol. The maximum Gasteiger partial charge on any atom is 0.410 e. The largest absolute Gasteiger partial charge is 0.493 e. The average molecular weight is 559 g/mol. The number of carbonyl (C=O) groups is 2. The Balaban J connectivity index is 2.27. The molecule has 0 saturated carbocycles. The number of hydrogen-bond acceptors (Lipinski definition) is 9. The third kappa shape index (κ3) is 9.63. The highest BCUT2D eigenvalue weighted by Crippen LogP contribution is 2.30. The lowest BCUT2D eigenvalue weighted by atomic mass is 10.0. The molecule has 1 heterocycles. The third-order valence-corrected chi connectivity index (χ3v) is 6.40. The summed E-state index contributed by atoms with van der Waals surface area (Å²) < 4.78 is 51.0. The normalized spacial score (nSPS) is 18.0. The van der Waals surface area contributed by atoms with Crippen molar-refractivity contribution in [3.8, 4) is 11.5 Å². The lowest BCUT2D eigenvalue weighted by Crippen LogP contribution is -2.43. The number of hydrogen-bond donors (Lipinski definition) is 0. The van der Waals surface area contributed by atoms with Crippen molar-refractivity contribution >= 4 is 22.1 Å². The van der Waals surface area contributed by atoms with Gasteiger partial charge >= 0.3 is 6.09 Å². The second-order valence-corrected chi connectivity index (χ2v) is 12.2. The van der Waals surface area contributed by atoms with Gasteiger partial charge in [-0.05, 0) is 52.8 Å². The van der Waals surface area contributed by atoms with Gasteiger partial charge in [0.05, 0.1) is 26.5 Å². The second kappa shape index (κ2) is 13.5. The molecule has 1 aliphatic heterocycles. The van der Waals surface area contributed by atoms with Crippen LogP contribution in [0, 0.1) is 5.92 Å². The quantitative estimate of drug-likeness (QED) is 0.281. The Kier molecular flexibility index (Phi) is 11.2. The van der Waals surface area contributed by atoms with Gasteiger partial charge in [0.15, 0.2) is 11.5 Å². The Hall–Kier alpha value is -2.57. The van der Waals surface area contributed by atoms with Crippen molar-refractivity contribution in [1.29, 1.82) is 0 Å². The number of carbonyl (C=O) groups excluding carboxylic acids is 2. The summed E-state index contributed by atoms with van der Waals surface area (Å²) in [5.74, 6) is 0.221. The number of nitrogens with zero attached hydrogens (tertiary/aromatic N) is 2. The molecule has 1 saturated heterocycles. The van der Waals surface area contributed by atoms with Crippen molar-refractivity contribution in [1.82, 2.24) is 9.80 Å². The lowest BCUT2D eigenvalue weighted by molar-refractivity contribution is 0.0274. The Morgan fingerprint density at radius 1 is 1.11 bits per heavy atom. The van der Waals surface area contributed by atoms with Gasteiger partial charge < -0.3 is 28.7 Å². The minimum absolute atomic E-state index is 0.0365. The topological polar surface area (TPSA) is 121 Å². The number of rotatable bonds is 12. The van der Waals surface area contributed by atoms with Crippen LogP contribution in [0.3, 0.4) is 0 Å². The minimum Gasteiger partial charge on any atom is -0.493 e. The summed E-state index contributed by atoms with van der Waals surface area (Å²) >= 11 is 0. The van der Waals surface area contributed by atoms with Crippen LogP contribution in [-0.4, -0.2) is 101 Å². The van der Waals surface area contributed by atoms with Gasteiger partial charge in [-0.15, -0.1) is 0 Å². The first-order valence-corrected chi connectivity index (χ1v) is 14.4. The molecule has 0 aromatic heterocycles. The summed E-state index contributed by atoms with van der Waals surface area (Å²) in [5.41, 5.74) is -0.316. The standard InChI is InChI=1S/C26H42N2O9S/c1-18(2)28(24(29)19-10-11-21(34-7)22(14-19)35-13-9-12-33-6)16-20-15-27(25(30)36-26(3,4)5)17-23(20)37-38(8,31)32/h10-11,14,18,20,23H,9,12-13,15-17H2,1-8H3/t20-,23+/m0/s1. The summed E-state index contributed by atoms with van der Waals surface area (Å²) in [6.07, 6.45) is 0.266. The fourth-order valence-electron chi connectivity index (χ4n) is 4.08. The van der Waals surface area contributed by atoms with Crippen molar-refractivity contribution in [3.63, 3.8) is 0 Å². The van der Waals surface area contributed by atoms with Gasteiger partial charge in [0.2, 0.25) is 0 Å². The molecule has 0 N–H and O–H groups in total. The average Bonchev–Trinajstić information content (AvgIpc) is 3.19. The van der Waals surface area contributed by atoms with E-state index in [9.17, 15) is 18.0 Å². The van der Waals surface area contributed by atoms with E-state index in [1.165, 1.54) is 12.0 Å². The van der Waals surface area contributed by atoms with E-state index in [1.54, 1.807) is 51.0 Å². The molecule has 11 nitrogen and oxygen atoms in total. The molecule has 38 heavy (non-hydrogen) atoms. The van der Waals surface area contributed by atoms with Crippen LogP contribution in [0.1, 0.15) is 51.4 Å². The second-order valence-electron chi connectivity index (χ2n) is 10.6. The first kappa shape index (κ1) is 31.6. The first-order valence-electron chi connectivity index (χ1n) is 12.6. The zero-order valence-corrected chi connectivity index (χ0v) is 24.5. The van der Waals surface area contributed by atoms with Crippen LogP contribution >= 0.6 is 0 Å². The monoisotopic (exact) mass is 558 g/mol. The van der Waals surface area contributed by atoms with Crippen molar-refractivity contribution in [2.75, 3.05) is 53.3 Å². The summed E-state index contributed by atoms with van der Waals surface area (Å²) in [6, 6.07) is 4.75. The fourth-order valence-corrected chi connectivity index (χ4v) is 4.75. The molecule has 1 fully saturated rings. The van der Waals surface area contributed by atoms with Crippen LogP contribution in [0.15, 0.2) is 18.2 Å². The molecular weight excluding hydrogens is 516 g/mol. The van der Waals surface area contributed by atoms with Crippen LogP contribution < -0.4 is 9.47 Å². The maximum absolute atomic E-state index is 13.6.